The van der Waals surface area contributed by atoms with Crippen LogP contribution in [0.2, 0.25) is 0 Å². The lowest BCUT2D eigenvalue weighted by molar-refractivity contribution is -0.138. The fourth-order valence-electron chi connectivity index (χ4n) is 2.88. The van der Waals surface area contributed by atoms with Crippen molar-refractivity contribution in [2.45, 2.75) is 26.4 Å². The normalized spacial score (nSPS) is 16.3. The predicted molar refractivity (Wildman–Crippen MR) is 103 cm³/mol. The maximum atomic E-state index is 12.9. The number of nitrogens with zero attached hydrogens (tertiary/aromatic N) is 1. The van der Waals surface area contributed by atoms with Gasteiger partial charge in [0.1, 0.15) is 5.75 Å². The first-order valence-electron chi connectivity index (χ1n) is 8.54. The van der Waals surface area contributed by atoms with E-state index < -0.39 is 24.4 Å². The molecule has 29 heavy (non-hydrogen) atoms. The Kier molecular flexibility index (Phi) is 7.61. The van der Waals surface area contributed by atoms with Crippen molar-refractivity contribution < 1.29 is 27.8 Å². The molecule has 1 aliphatic rings. The predicted octanol–water partition coefficient (Wildman–Crippen LogP) is 2.77. The molecule has 0 radical (unpaired) electrons. The van der Waals surface area contributed by atoms with Gasteiger partial charge >= 0.3 is 12.6 Å². The zero-order valence-electron chi connectivity index (χ0n) is 15.7. The molecule has 0 saturated heterocycles. The number of nitriles is 1. The van der Waals surface area contributed by atoms with Crippen LogP contribution in [0.5, 0.6) is 5.75 Å². The van der Waals surface area contributed by atoms with E-state index in [1.807, 2.05) is 6.07 Å². The molecule has 1 heterocycles. The number of carbonyl (C=O) groups is 2. The van der Waals surface area contributed by atoms with Crippen molar-refractivity contribution in [3.8, 4) is 11.8 Å². The second-order valence-electron chi connectivity index (χ2n) is 5.84. The number of rotatable bonds is 8. The van der Waals surface area contributed by atoms with Crippen LogP contribution in [0.15, 0.2) is 46.1 Å². The van der Waals surface area contributed by atoms with Crippen LogP contribution in [-0.4, -0.2) is 30.8 Å². The number of amides is 1. The van der Waals surface area contributed by atoms with Gasteiger partial charge in [0.05, 0.1) is 40.5 Å². The first-order chi connectivity index (χ1) is 13.8. The van der Waals surface area contributed by atoms with Crippen LogP contribution in [0.1, 0.15) is 25.3 Å². The summed E-state index contributed by atoms with van der Waals surface area (Å²) in [5, 5.41) is 13.0. The molecule has 0 saturated carbocycles. The molecule has 0 fully saturated rings. The number of allylic oxidation sites excluding steroid dienone is 2. The minimum Gasteiger partial charge on any atom is -0.463 e. The van der Waals surface area contributed by atoms with Gasteiger partial charge in [0.15, 0.2) is 0 Å². The van der Waals surface area contributed by atoms with E-state index in [2.05, 4.69) is 10.1 Å². The SMILES string of the molecule is CCOC(=O)C1=C(C)NC(SCC(N)=O)=C(C#N)C1c1ccccc1OC(F)F. The third kappa shape index (κ3) is 5.26. The lowest BCUT2D eigenvalue weighted by Crippen LogP contribution is -2.29. The van der Waals surface area contributed by atoms with Crippen LogP contribution in [0.4, 0.5) is 8.78 Å². The Hall–Kier alpha value is -3.06. The number of hydrogen-bond acceptors (Lipinski definition) is 7. The lowest BCUT2D eigenvalue weighted by atomic mass is 9.82. The molecule has 10 heteroatoms. The Morgan fingerprint density at radius 3 is 2.66 bits per heavy atom. The highest BCUT2D eigenvalue weighted by molar-refractivity contribution is 8.03. The molecule has 7 nitrogen and oxygen atoms in total. The second kappa shape index (κ2) is 9.93. The quantitative estimate of drug-likeness (QED) is 0.618. The van der Waals surface area contributed by atoms with E-state index in [-0.39, 0.29) is 34.8 Å². The first kappa shape index (κ1) is 22.2. The Balaban J connectivity index is 2.67. The molecule has 0 bridgehead atoms. The van der Waals surface area contributed by atoms with E-state index in [1.54, 1.807) is 19.9 Å². The van der Waals surface area contributed by atoms with Crippen molar-refractivity contribution in [3.05, 3.63) is 51.7 Å². The van der Waals surface area contributed by atoms with Crippen LogP contribution in [-0.2, 0) is 14.3 Å². The smallest absolute Gasteiger partial charge is 0.387 e. The van der Waals surface area contributed by atoms with Gasteiger partial charge in [-0.15, -0.1) is 0 Å². The maximum absolute atomic E-state index is 12.9. The minimum absolute atomic E-state index is 0.0650. The summed E-state index contributed by atoms with van der Waals surface area (Å²) in [6.45, 7) is 0.218. The van der Waals surface area contributed by atoms with Crippen molar-refractivity contribution in [1.82, 2.24) is 5.32 Å². The zero-order valence-corrected chi connectivity index (χ0v) is 16.5. The molecule has 2 rings (SSSR count). The van der Waals surface area contributed by atoms with Gasteiger partial charge in [-0.3, -0.25) is 4.79 Å². The molecule has 0 aliphatic carbocycles. The zero-order chi connectivity index (χ0) is 21.6. The van der Waals surface area contributed by atoms with Crippen molar-refractivity contribution in [1.29, 1.82) is 5.26 Å². The summed E-state index contributed by atoms with van der Waals surface area (Å²) in [5.74, 6) is -2.60. The fraction of sp³-hybridized carbons (Fsp3) is 0.316. The van der Waals surface area contributed by atoms with E-state index in [0.29, 0.717) is 10.7 Å². The number of hydrogen-bond donors (Lipinski definition) is 2. The van der Waals surface area contributed by atoms with E-state index >= 15 is 0 Å². The number of benzene rings is 1. The number of halogens is 2. The van der Waals surface area contributed by atoms with Gasteiger partial charge in [-0.1, -0.05) is 30.0 Å². The molecule has 1 aromatic carbocycles. The van der Waals surface area contributed by atoms with Gasteiger partial charge in [-0.05, 0) is 19.9 Å². The first-order valence-corrected chi connectivity index (χ1v) is 9.52. The number of ether oxygens (including phenoxy) is 2. The number of nitrogens with one attached hydrogen (secondary N) is 1. The number of nitrogens with two attached hydrogens (primary N) is 1. The molecular formula is C19H19F2N3O4S. The van der Waals surface area contributed by atoms with Crippen LogP contribution in [0.25, 0.3) is 0 Å². The average Bonchev–Trinajstić information content (AvgIpc) is 2.65. The van der Waals surface area contributed by atoms with Crippen molar-refractivity contribution in [2.24, 2.45) is 5.73 Å². The molecule has 1 aliphatic heterocycles. The summed E-state index contributed by atoms with van der Waals surface area (Å²) < 4.78 is 35.5. The standard InChI is InChI=1S/C19H19F2N3O4S/c1-3-27-18(26)15-10(2)24-17(29-9-14(23)25)12(8-22)16(15)11-6-4-5-7-13(11)28-19(20)21/h4-7,16,19,24H,3,9H2,1-2H3,(H2,23,25). The number of primary amides is 1. The Labute approximate surface area is 170 Å². The molecular weight excluding hydrogens is 404 g/mol. The molecule has 0 aromatic heterocycles. The molecule has 3 N–H and O–H groups in total. The fourth-order valence-corrected chi connectivity index (χ4v) is 3.71. The highest BCUT2D eigenvalue weighted by Gasteiger charge is 2.37. The summed E-state index contributed by atoms with van der Waals surface area (Å²) >= 11 is 0.983. The monoisotopic (exact) mass is 423 g/mol. The molecule has 1 unspecified atom stereocenters. The largest absolute Gasteiger partial charge is 0.463 e. The Bertz CT molecular complexity index is 909. The summed E-state index contributed by atoms with van der Waals surface area (Å²) in [6, 6.07) is 7.92. The second-order valence-corrected chi connectivity index (χ2v) is 6.83. The van der Waals surface area contributed by atoms with Gasteiger partial charge in [0, 0.05) is 11.3 Å². The Morgan fingerprint density at radius 2 is 2.07 bits per heavy atom. The summed E-state index contributed by atoms with van der Waals surface area (Å²) in [6.07, 6.45) is 0. The van der Waals surface area contributed by atoms with E-state index in [9.17, 15) is 23.6 Å². The highest BCUT2D eigenvalue weighted by Crippen LogP contribution is 2.44. The third-order valence-corrected chi connectivity index (χ3v) is 4.99. The van der Waals surface area contributed by atoms with Crippen LogP contribution < -0.4 is 15.8 Å². The maximum Gasteiger partial charge on any atom is 0.387 e. The molecule has 0 spiro atoms. The highest BCUT2D eigenvalue weighted by atomic mass is 32.2. The average molecular weight is 423 g/mol. The number of carbonyl (C=O) groups excluding carboxylic acids is 2. The van der Waals surface area contributed by atoms with E-state index in [0.717, 1.165) is 11.8 Å². The third-order valence-electron chi connectivity index (χ3n) is 3.95. The molecule has 1 atom stereocenters. The lowest BCUT2D eigenvalue weighted by Gasteiger charge is -2.30. The topological polar surface area (TPSA) is 114 Å². The summed E-state index contributed by atoms with van der Waals surface area (Å²) in [4.78, 5) is 23.8. The van der Waals surface area contributed by atoms with E-state index in [1.165, 1.54) is 18.2 Å². The number of para-hydroxylation sites is 1. The summed E-state index contributed by atoms with van der Waals surface area (Å²) in [5.41, 5.74) is 5.91. The number of alkyl halides is 2. The molecule has 1 aromatic rings. The minimum atomic E-state index is -3.09. The number of thioether (sulfide) groups is 1. The molecule has 154 valence electrons. The van der Waals surface area contributed by atoms with Gasteiger partial charge in [-0.25, -0.2) is 4.79 Å². The number of esters is 1. The Morgan fingerprint density at radius 1 is 1.38 bits per heavy atom. The number of dihydropyridines is 1. The van der Waals surface area contributed by atoms with Gasteiger partial charge in [0.25, 0.3) is 0 Å². The van der Waals surface area contributed by atoms with Crippen molar-refractivity contribution in [3.63, 3.8) is 0 Å². The van der Waals surface area contributed by atoms with Crippen LogP contribution in [0, 0.1) is 11.3 Å². The molecule has 1 amide bonds. The van der Waals surface area contributed by atoms with Gasteiger partial charge in [-0.2, -0.15) is 14.0 Å². The van der Waals surface area contributed by atoms with E-state index in [4.69, 9.17) is 10.5 Å². The van der Waals surface area contributed by atoms with Gasteiger partial charge in [0.2, 0.25) is 5.91 Å². The summed E-state index contributed by atoms with van der Waals surface area (Å²) in [7, 11) is 0. The van der Waals surface area contributed by atoms with Crippen LogP contribution in [0.3, 0.4) is 0 Å². The van der Waals surface area contributed by atoms with Gasteiger partial charge < -0.3 is 20.5 Å². The van der Waals surface area contributed by atoms with Crippen molar-refractivity contribution >= 4 is 23.6 Å². The van der Waals surface area contributed by atoms with Crippen molar-refractivity contribution in [2.75, 3.05) is 12.4 Å². The van der Waals surface area contributed by atoms with Crippen LogP contribution >= 0.6 is 11.8 Å².